The van der Waals surface area contributed by atoms with Crippen molar-refractivity contribution in [1.82, 2.24) is 5.32 Å². The molecular formula is C40H36N4. The Bertz CT molecular complexity index is 1720. The van der Waals surface area contributed by atoms with E-state index in [1.807, 2.05) is 42.6 Å². The normalized spacial score (nSPS) is 17.8. The Morgan fingerprint density at radius 1 is 0.841 bits per heavy atom. The maximum Gasteiger partial charge on any atom is 0.0647 e. The van der Waals surface area contributed by atoms with E-state index in [-0.39, 0.29) is 0 Å². The predicted molar refractivity (Wildman–Crippen MR) is 186 cm³/mol. The van der Waals surface area contributed by atoms with E-state index in [1.54, 1.807) is 6.08 Å². The second kappa shape index (κ2) is 13.6. The molecule has 3 aromatic carbocycles. The zero-order valence-electron chi connectivity index (χ0n) is 24.7. The molecule has 3 aromatic rings. The molecule has 4 nitrogen and oxygen atoms in total. The van der Waals surface area contributed by atoms with E-state index in [1.165, 1.54) is 11.3 Å². The number of fused-ring (bicyclic) bond motifs is 1. The van der Waals surface area contributed by atoms with Crippen LogP contribution in [0.3, 0.4) is 0 Å². The Morgan fingerprint density at radius 3 is 2.25 bits per heavy atom. The van der Waals surface area contributed by atoms with Gasteiger partial charge in [0.05, 0.1) is 11.4 Å². The third-order valence-corrected chi connectivity index (χ3v) is 7.71. The average molecular weight is 573 g/mol. The molecule has 2 N–H and O–H groups in total. The molecule has 3 aliphatic rings. The summed E-state index contributed by atoms with van der Waals surface area (Å²) in [5.41, 5.74) is 10.3. The summed E-state index contributed by atoms with van der Waals surface area (Å²) in [5, 5.41) is 12.3. The first-order chi connectivity index (χ1) is 21.7. The molecule has 1 heterocycles. The summed E-state index contributed by atoms with van der Waals surface area (Å²) >= 11 is 0. The zero-order chi connectivity index (χ0) is 30.1. The minimum absolute atomic E-state index is 0.491. The van der Waals surface area contributed by atoms with Crippen molar-refractivity contribution in [2.24, 2.45) is 0 Å². The van der Waals surface area contributed by atoms with E-state index in [0.29, 0.717) is 5.71 Å². The zero-order valence-corrected chi connectivity index (χ0v) is 24.7. The van der Waals surface area contributed by atoms with Crippen molar-refractivity contribution in [3.63, 3.8) is 0 Å². The van der Waals surface area contributed by atoms with Crippen LogP contribution in [-0.2, 0) is 0 Å². The van der Waals surface area contributed by atoms with Crippen molar-refractivity contribution in [2.45, 2.75) is 19.3 Å². The molecule has 1 saturated heterocycles. The first-order valence-corrected chi connectivity index (χ1v) is 15.0. The summed E-state index contributed by atoms with van der Waals surface area (Å²) in [4.78, 5) is 4.57. The van der Waals surface area contributed by atoms with Crippen LogP contribution in [0.15, 0.2) is 193 Å². The molecule has 0 saturated carbocycles. The number of nitrogens with one attached hydrogen (secondary N) is 2. The quantitative estimate of drug-likeness (QED) is 0.251. The first kappa shape index (κ1) is 28.5. The highest BCUT2D eigenvalue weighted by molar-refractivity contribution is 6.11. The lowest BCUT2D eigenvalue weighted by molar-refractivity contribution is 0.991. The van der Waals surface area contributed by atoms with Crippen molar-refractivity contribution in [3.05, 3.63) is 193 Å². The Balaban J connectivity index is 1.33. The second-order valence-electron chi connectivity index (χ2n) is 10.7. The van der Waals surface area contributed by atoms with Crippen LogP contribution in [-0.4, -0.2) is 5.71 Å². The third-order valence-electron chi connectivity index (χ3n) is 7.71. The van der Waals surface area contributed by atoms with Gasteiger partial charge in [0, 0.05) is 58.8 Å². The van der Waals surface area contributed by atoms with E-state index in [0.717, 1.165) is 59.0 Å². The van der Waals surface area contributed by atoms with Crippen LogP contribution in [0.2, 0.25) is 0 Å². The van der Waals surface area contributed by atoms with Gasteiger partial charge in [-0.3, -0.25) is 0 Å². The molecule has 216 valence electrons. The summed E-state index contributed by atoms with van der Waals surface area (Å²) < 4.78 is 0. The highest BCUT2D eigenvalue weighted by Gasteiger charge is 2.31. The summed E-state index contributed by atoms with van der Waals surface area (Å²) in [5.74, 6) is 0. The van der Waals surface area contributed by atoms with Crippen molar-refractivity contribution >= 4 is 28.5 Å². The molecule has 0 unspecified atom stereocenters. The lowest BCUT2D eigenvalue weighted by Crippen LogP contribution is -2.19. The first-order valence-electron chi connectivity index (χ1n) is 15.0. The molecule has 0 atom stereocenters. The van der Waals surface area contributed by atoms with E-state index >= 15 is 0 Å². The molecule has 0 spiro atoms. The van der Waals surface area contributed by atoms with Crippen LogP contribution in [0.25, 0.3) is 0 Å². The van der Waals surface area contributed by atoms with Crippen LogP contribution in [0, 0.1) is 5.41 Å². The molecule has 0 bridgehead atoms. The van der Waals surface area contributed by atoms with Crippen LogP contribution in [0.4, 0.5) is 22.7 Å². The Morgan fingerprint density at radius 2 is 1.55 bits per heavy atom. The predicted octanol–water partition coefficient (Wildman–Crippen LogP) is 10.1. The van der Waals surface area contributed by atoms with Crippen LogP contribution < -0.4 is 15.1 Å². The van der Waals surface area contributed by atoms with Gasteiger partial charge < -0.3 is 20.5 Å². The molecule has 1 fully saturated rings. The van der Waals surface area contributed by atoms with Crippen LogP contribution in [0.5, 0.6) is 0 Å². The highest BCUT2D eigenvalue weighted by atomic mass is 15.2. The fraction of sp³-hybridized carbons (Fsp3) is 0.0750. The van der Waals surface area contributed by atoms with Crippen molar-refractivity contribution in [1.29, 1.82) is 5.41 Å². The average Bonchev–Trinajstić information content (AvgIpc) is 3.20. The van der Waals surface area contributed by atoms with Gasteiger partial charge in [0.2, 0.25) is 0 Å². The fourth-order valence-electron chi connectivity index (χ4n) is 5.60. The minimum Gasteiger partial charge on any atom is -0.364 e. The molecule has 1 aliphatic heterocycles. The smallest absolute Gasteiger partial charge is 0.0647 e. The number of allylic oxidation sites excluding steroid dienone is 14. The van der Waals surface area contributed by atoms with Crippen molar-refractivity contribution in [2.75, 3.05) is 9.80 Å². The van der Waals surface area contributed by atoms with Gasteiger partial charge in [-0.25, -0.2) is 0 Å². The molecule has 44 heavy (non-hydrogen) atoms. The van der Waals surface area contributed by atoms with E-state index in [2.05, 4.69) is 131 Å². The van der Waals surface area contributed by atoms with Gasteiger partial charge in [-0.1, -0.05) is 91.6 Å². The molecule has 0 amide bonds. The molecular weight excluding hydrogens is 536 g/mol. The largest absolute Gasteiger partial charge is 0.364 e. The van der Waals surface area contributed by atoms with Crippen molar-refractivity contribution < 1.29 is 0 Å². The molecule has 0 radical (unpaired) electrons. The molecule has 4 heteroatoms. The Kier molecular flexibility index (Phi) is 8.80. The lowest BCUT2D eigenvalue weighted by Gasteiger charge is -2.27. The topological polar surface area (TPSA) is 42.4 Å². The van der Waals surface area contributed by atoms with Gasteiger partial charge in [-0.2, -0.15) is 0 Å². The standard InChI is InChI=1S/C40H36N4/c1-2-3-4-11-22-38-28-31-27-32(30-42-33-16-9-5-6-10-17-33)39(41)29-40(31)44(38)37-25-23-36(24-26-37)43(34-18-12-7-13-19-34)35-20-14-8-15-21-35/h2-10,12-16,18-27,29-30,41-42H,1,11,17,28H2/b4-3-,32-30-,38-22+,41-39?. The summed E-state index contributed by atoms with van der Waals surface area (Å²) in [6.07, 6.45) is 27.0. The Labute approximate surface area is 260 Å². The molecule has 2 aliphatic carbocycles. The maximum absolute atomic E-state index is 8.90. The van der Waals surface area contributed by atoms with Crippen LogP contribution >= 0.6 is 0 Å². The van der Waals surface area contributed by atoms with Crippen LogP contribution in [0.1, 0.15) is 19.3 Å². The highest BCUT2D eigenvalue weighted by Crippen LogP contribution is 2.43. The molecule has 0 aromatic heterocycles. The number of para-hydroxylation sites is 2. The van der Waals surface area contributed by atoms with Gasteiger partial charge in [0.15, 0.2) is 0 Å². The molecule has 6 rings (SSSR count). The van der Waals surface area contributed by atoms with E-state index < -0.39 is 0 Å². The van der Waals surface area contributed by atoms with E-state index in [9.17, 15) is 0 Å². The number of benzene rings is 3. The second-order valence-corrected chi connectivity index (χ2v) is 10.7. The number of rotatable bonds is 9. The van der Waals surface area contributed by atoms with Crippen molar-refractivity contribution in [3.8, 4) is 0 Å². The van der Waals surface area contributed by atoms with E-state index in [4.69, 9.17) is 5.41 Å². The fourth-order valence-corrected chi connectivity index (χ4v) is 5.60. The SMILES string of the molecule is C=C/C=C\C/C=C1\CC2=C/C(=C/NC3=CC=CC=CC3)C(=N)C=C2N1c1ccc(N(c2ccccc2)c2ccccc2)cc1. The number of hydrogen-bond acceptors (Lipinski definition) is 4. The maximum atomic E-state index is 8.90. The van der Waals surface area contributed by atoms with Gasteiger partial charge in [0.1, 0.15) is 0 Å². The minimum atomic E-state index is 0.491. The number of nitrogens with zero attached hydrogens (tertiary/aromatic N) is 2. The van der Waals surface area contributed by atoms with Gasteiger partial charge in [-0.05, 0) is 78.8 Å². The number of hydrogen-bond donors (Lipinski definition) is 2. The summed E-state index contributed by atoms with van der Waals surface area (Å²) in [6.45, 7) is 3.80. The monoisotopic (exact) mass is 572 g/mol. The van der Waals surface area contributed by atoms with Gasteiger partial charge in [-0.15, -0.1) is 0 Å². The summed E-state index contributed by atoms with van der Waals surface area (Å²) in [6, 6.07) is 29.6. The number of anilines is 4. The van der Waals surface area contributed by atoms with Gasteiger partial charge in [0.25, 0.3) is 0 Å². The lowest BCUT2D eigenvalue weighted by atomic mass is 9.97. The summed E-state index contributed by atoms with van der Waals surface area (Å²) in [7, 11) is 0. The Hall–Kier alpha value is -5.61. The van der Waals surface area contributed by atoms with Gasteiger partial charge >= 0.3 is 0 Å². The third kappa shape index (κ3) is 6.40.